The quantitative estimate of drug-likeness (QED) is 0.578. The Hall–Kier alpha value is -3.06. The SMILES string of the molecule is ON(O)c1ccccc1-c1nc2nc(N3CCOCC3)nc(N3CCOCC3)n2n1. The number of hydrogen-bond acceptors (Lipinski definition) is 11. The van der Waals surface area contributed by atoms with Crippen molar-refractivity contribution in [2.75, 3.05) is 67.6 Å². The van der Waals surface area contributed by atoms with Crippen molar-refractivity contribution < 1.29 is 19.9 Å². The molecule has 2 fully saturated rings. The van der Waals surface area contributed by atoms with Crippen molar-refractivity contribution in [1.82, 2.24) is 24.6 Å². The molecule has 0 radical (unpaired) electrons. The number of aromatic nitrogens is 5. The maximum atomic E-state index is 9.57. The number of fused-ring (bicyclic) bond motifs is 1. The van der Waals surface area contributed by atoms with Crippen LogP contribution in [0.15, 0.2) is 24.3 Å². The molecule has 0 unspecified atom stereocenters. The van der Waals surface area contributed by atoms with Crippen LogP contribution in [-0.2, 0) is 9.47 Å². The van der Waals surface area contributed by atoms with E-state index in [0.29, 0.717) is 81.7 Å². The average molecular weight is 414 g/mol. The molecule has 3 aromatic rings. The molecule has 0 saturated carbocycles. The average Bonchev–Trinajstić information content (AvgIpc) is 3.24. The second-order valence-corrected chi connectivity index (χ2v) is 6.98. The maximum absolute atomic E-state index is 9.57. The van der Waals surface area contributed by atoms with Crippen molar-refractivity contribution in [2.45, 2.75) is 0 Å². The zero-order valence-electron chi connectivity index (χ0n) is 16.3. The van der Waals surface area contributed by atoms with Gasteiger partial charge in [-0.15, -0.1) is 10.3 Å². The highest BCUT2D eigenvalue weighted by molar-refractivity contribution is 5.73. The van der Waals surface area contributed by atoms with Crippen molar-refractivity contribution in [2.24, 2.45) is 0 Å². The highest BCUT2D eigenvalue weighted by Crippen LogP contribution is 2.28. The summed E-state index contributed by atoms with van der Waals surface area (Å²) in [5.41, 5.74) is 0.636. The summed E-state index contributed by atoms with van der Waals surface area (Å²) in [7, 11) is 0. The van der Waals surface area contributed by atoms with Crippen molar-refractivity contribution >= 4 is 23.4 Å². The molecular formula is C18H22N8O4. The van der Waals surface area contributed by atoms with E-state index in [9.17, 15) is 10.4 Å². The molecule has 2 N–H and O–H groups in total. The molecule has 0 aliphatic carbocycles. The van der Waals surface area contributed by atoms with Crippen LogP contribution in [0.1, 0.15) is 0 Å². The summed E-state index contributed by atoms with van der Waals surface area (Å²) in [5.74, 6) is 1.91. The van der Waals surface area contributed by atoms with E-state index in [1.54, 1.807) is 28.8 Å². The first-order valence-corrected chi connectivity index (χ1v) is 9.78. The summed E-state index contributed by atoms with van der Waals surface area (Å²) in [6, 6.07) is 6.76. The lowest BCUT2D eigenvalue weighted by atomic mass is 10.2. The normalized spacial score (nSPS) is 17.5. The van der Waals surface area contributed by atoms with Crippen LogP contribution in [-0.4, -0.2) is 87.6 Å². The van der Waals surface area contributed by atoms with Crippen LogP contribution in [0.25, 0.3) is 17.2 Å². The van der Waals surface area contributed by atoms with Gasteiger partial charge in [-0.05, 0) is 12.1 Å². The molecule has 2 aliphatic rings. The van der Waals surface area contributed by atoms with Gasteiger partial charge in [0, 0.05) is 31.7 Å². The highest BCUT2D eigenvalue weighted by atomic mass is 16.8. The second kappa shape index (κ2) is 7.99. The summed E-state index contributed by atoms with van der Waals surface area (Å²) in [5, 5.41) is 23.8. The molecule has 0 amide bonds. The smallest absolute Gasteiger partial charge is 0.259 e. The lowest BCUT2D eigenvalue weighted by Crippen LogP contribution is -2.40. The molecule has 12 nitrogen and oxygen atoms in total. The maximum Gasteiger partial charge on any atom is 0.259 e. The van der Waals surface area contributed by atoms with Crippen LogP contribution >= 0.6 is 0 Å². The van der Waals surface area contributed by atoms with Crippen LogP contribution in [0.3, 0.4) is 0 Å². The van der Waals surface area contributed by atoms with Gasteiger partial charge in [0.25, 0.3) is 5.78 Å². The largest absolute Gasteiger partial charge is 0.378 e. The molecule has 30 heavy (non-hydrogen) atoms. The van der Waals surface area contributed by atoms with E-state index in [1.165, 1.54) is 0 Å². The zero-order valence-corrected chi connectivity index (χ0v) is 16.3. The molecule has 2 aliphatic heterocycles. The molecule has 4 heterocycles. The van der Waals surface area contributed by atoms with Gasteiger partial charge in [-0.2, -0.15) is 19.5 Å². The molecule has 0 spiro atoms. The van der Waals surface area contributed by atoms with Crippen LogP contribution in [0.2, 0.25) is 0 Å². The van der Waals surface area contributed by atoms with Crippen molar-refractivity contribution in [3.05, 3.63) is 24.3 Å². The fourth-order valence-electron chi connectivity index (χ4n) is 3.59. The highest BCUT2D eigenvalue weighted by Gasteiger charge is 2.24. The van der Waals surface area contributed by atoms with Gasteiger partial charge in [-0.25, -0.2) is 0 Å². The zero-order chi connectivity index (χ0) is 20.5. The Morgan fingerprint density at radius 3 is 2.20 bits per heavy atom. The number of para-hydroxylation sites is 1. The summed E-state index contributed by atoms with van der Waals surface area (Å²) in [4.78, 5) is 18.2. The predicted molar refractivity (Wildman–Crippen MR) is 106 cm³/mol. The minimum absolute atomic E-state index is 0.0642. The number of hydrogen-bond donors (Lipinski definition) is 2. The topological polar surface area (TPSA) is 125 Å². The van der Waals surface area contributed by atoms with Crippen molar-refractivity contribution in [3.63, 3.8) is 0 Å². The van der Waals surface area contributed by atoms with Gasteiger partial charge in [-0.3, -0.25) is 10.4 Å². The third-order valence-corrected chi connectivity index (χ3v) is 5.13. The Kier molecular flexibility index (Phi) is 5.04. The molecule has 0 bridgehead atoms. The Balaban J connectivity index is 1.64. The van der Waals surface area contributed by atoms with Gasteiger partial charge in [0.15, 0.2) is 5.82 Å². The summed E-state index contributed by atoms with van der Waals surface area (Å²) < 4.78 is 12.5. The Labute approximate surface area is 171 Å². The lowest BCUT2D eigenvalue weighted by Gasteiger charge is -2.30. The molecule has 1 aromatic carbocycles. The molecule has 0 atom stereocenters. The Bertz CT molecular complexity index is 1030. The van der Waals surface area contributed by atoms with E-state index in [4.69, 9.17) is 14.5 Å². The third kappa shape index (κ3) is 3.50. The molecule has 12 heteroatoms. The Morgan fingerprint density at radius 2 is 1.50 bits per heavy atom. The Morgan fingerprint density at radius 1 is 0.833 bits per heavy atom. The van der Waals surface area contributed by atoms with E-state index in [1.807, 2.05) is 0 Å². The van der Waals surface area contributed by atoms with E-state index >= 15 is 0 Å². The molecule has 2 aromatic heterocycles. The van der Waals surface area contributed by atoms with Gasteiger partial charge in [-0.1, -0.05) is 12.1 Å². The molecular weight excluding hydrogens is 392 g/mol. The number of anilines is 3. The van der Waals surface area contributed by atoms with Gasteiger partial charge < -0.3 is 19.3 Å². The van der Waals surface area contributed by atoms with Gasteiger partial charge in [0.1, 0.15) is 5.69 Å². The van der Waals surface area contributed by atoms with E-state index in [2.05, 4.69) is 24.9 Å². The molecule has 5 rings (SSSR count). The fraction of sp³-hybridized carbons (Fsp3) is 0.444. The predicted octanol–water partition coefficient (Wildman–Crippen LogP) is 0.444. The number of benzene rings is 1. The second-order valence-electron chi connectivity index (χ2n) is 6.98. The van der Waals surface area contributed by atoms with Crippen LogP contribution in [0.4, 0.5) is 17.6 Å². The van der Waals surface area contributed by atoms with Crippen LogP contribution in [0.5, 0.6) is 0 Å². The van der Waals surface area contributed by atoms with E-state index < -0.39 is 0 Å². The minimum atomic E-state index is 0.0642. The lowest BCUT2D eigenvalue weighted by molar-refractivity contribution is 0.0294. The molecule has 2 saturated heterocycles. The van der Waals surface area contributed by atoms with Gasteiger partial charge in [0.05, 0.1) is 26.4 Å². The summed E-state index contributed by atoms with van der Waals surface area (Å²) >= 11 is 0. The van der Waals surface area contributed by atoms with Gasteiger partial charge >= 0.3 is 0 Å². The number of morpholine rings is 2. The number of nitrogens with zero attached hydrogens (tertiary/aromatic N) is 8. The number of ether oxygens (including phenoxy) is 2. The third-order valence-electron chi connectivity index (χ3n) is 5.13. The van der Waals surface area contributed by atoms with E-state index in [0.717, 1.165) is 0 Å². The summed E-state index contributed by atoms with van der Waals surface area (Å²) in [6.07, 6.45) is 0. The fourth-order valence-corrected chi connectivity index (χ4v) is 3.59. The monoisotopic (exact) mass is 414 g/mol. The first-order chi connectivity index (χ1) is 14.7. The van der Waals surface area contributed by atoms with Crippen LogP contribution < -0.4 is 15.0 Å². The van der Waals surface area contributed by atoms with Crippen molar-refractivity contribution in [3.8, 4) is 11.4 Å². The standard InChI is InChI=1S/C18H22N8O4/c27-26(28)14-4-2-1-3-13(14)15-19-17-20-16(23-5-9-29-10-6-23)21-18(25(17)22-15)24-7-11-30-12-8-24/h1-4,27-28H,5-12H2. The molecule has 158 valence electrons. The summed E-state index contributed by atoms with van der Waals surface area (Å²) in [6.45, 7) is 5.22. The first kappa shape index (κ1) is 18.9. The van der Waals surface area contributed by atoms with Gasteiger partial charge in [0.2, 0.25) is 11.9 Å². The number of rotatable bonds is 4. The van der Waals surface area contributed by atoms with Crippen LogP contribution in [0, 0.1) is 0 Å². The van der Waals surface area contributed by atoms with Crippen molar-refractivity contribution in [1.29, 1.82) is 0 Å². The first-order valence-electron chi connectivity index (χ1n) is 9.78. The minimum Gasteiger partial charge on any atom is -0.378 e. The van der Waals surface area contributed by atoms with E-state index in [-0.39, 0.29) is 10.9 Å².